The number of halogens is 3. The average molecular weight is 301 g/mol. The van der Waals surface area contributed by atoms with E-state index in [0.717, 1.165) is 6.07 Å². The van der Waals surface area contributed by atoms with Gasteiger partial charge in [-0.25, -0.2) is 0 Å². The first kappa shape index (κ1) is 15.5. The lowest BCUT2D eigenvalue weighted by Crippen LogP contribution is -2.46. The van der Waals surface area contributed by atoms with Crippen molar-refractivity contribution in [3.63, 3.8) is 0 Å². The molecule has 4 N–H and O–H groups in total. The van der Waals surface area contributed by atoms with E-state index in [0.29, 0.717) is 12.8 Å². The highest BCUT2D eigenvalue weighted by atomic mass is 19.4. The first-order valence-corrected chi connectivity index (χ1v) is 6.73. The normalized spacial score (nSPS) is 23.1. The molecule has 1 aliphatic rings. The number of primary amides is 1. The van der Waals surface area contributed by atoms with Gasteiger partial charge < -0.3 is 16.4 Å². The summed E-state index contributed by atoms with van der Waals surface area (Å²) in [6.07, 6.45) is -3.28. The van der Waals surface area contributed by atoms with Crippen LogP contribution in [-0.2, 0) is 11.0 Å². The number of anilines is 2. The van der Waals surface area contributed by atoms with E-state index in [2.05, 4.69) is 0 Å². The van der Waals surface area contributed by atoms with Gasteiger partial charge in [-0.2, -0.15) is 13.2 Å². The molecule has 7 heteroatoms. The van der Waals surface area contributed by atoms with Crippen molar-refractivity contribution in [2.24, 2.45) is 11.7 Å². The predicted molar refractivity (Wildman–Crippen MR) is 74.6 cm³/mol. The Morgan fingerprint density at radius 2 is 2.00 bits per heavy atom. The Kier molecular flexibility index (Phi) is 4.02. The number of nitrogens with two attached hydrogens (primary N) is 2. The highest BCUT2D eigenvalue weighted by Crippen LogP contribution is 2.40. The van der Waals surface area contributed by atoms with Crippen LogP contribution in [0.1, 0.15) is 25.3 Å². The molecule has 0 spiro atoms. The second-order valence-electron chi connectivity index (χ2n) is 5.45. The fraction of sp³-hybridized carbons (Fsp3) is 0.500. The largest absolute Gasteiger partial charge is 0.418 e. The molecule has 1 aromatic rings. The number of piperidine rings is 1. The molecular weight excluding hydrogens is 283 g/mol. The molecule has 0 radical (unpaired) electrons. The van der Waals surface area contributed by atoms with Crippen molar-refractivity contribution in [2.75, 3.05) is 17.2 Å². The zero-order valence-electron chi connectivity index (χ0n) is 11.7. The number of hydrogen-bond acceptors (Lipinski definition) is 3. The third kappa shape index (κ3) is 3.22. The maximum absolute atomic E-state index is 13.2. The predicted octanol–water partition coefficient (Wildman–Crippen LogP) is 2.38. The Hall–Kier alpha value is -1.92. The molecule has 2 atom stereocenters. The van der Waals surface area contributed by atoms with Gasteiger partial charge in [0.2, 0.25) is 5.91 Å². The van der Waals surface area contributed by atoms with E-state index in [-0.39, 0.29) is 24.0 Å². The van der Waals surface area contributed by atoms with Crippen LogP contribution in [0.3, 0.4) is 0 Å². The Bertz CT molecular complexity index is 545. The standard InChI is InChI=1S/C14H18F3N3O/c1-8-2-3-9(13(19)21)7-20(8)12-5-4-10(18)6-11(12)14(15,16)17/h4-6,8-9H,2-3,7,18H2,1H3,(H2,19,21). The number of carbonyl (C=O) groups is 1. The summed E-state index contributed by atoms with van der Waals surface area (Å²) >= 11 is 0. The number of rotatable bonds is 2. The van der Waals surface area contributed by atoms with Crippen molar-refractivity contribution in [2.45, 2.75) is 32.0 Å². The van der Waals surface area contributed by atoms with Crippen LogP contribution in [0.4, 0.5) is 24.5 Å². The van der Waals surface area contributed by atoms with Gasteiger partial charge in [0.05, 0.1) is 11.5 Å². The molecule has 2 rings (SSSR count). The topological polar surface area (TPSA) is 72.4 Å². The number of nitrogen functional groups attached to an aromatic ring is 1. The molecule has 1 aliphatic heterocycles. The van der Waals surface area contributed by atoms with Crippen LogP contribution in [-0.4, -0.2) is 18.5 Å². The Morgan fingerprint density at radius 1 is 1.33 bits per heavy atom. The van der Waals surface area contributed by atoms with Gasteiger partial charge in [-0.05, 0) is 38.0 Å². The van der Waals surface area contributed by atoms with E-state index in [4.69, 9.17) is 11.5 Å². The van der Waals surface area contributed by atoms with Gasteiger partial charge in [-0.3, -0.25) is 4.79 Å². The first-order valence-electron chi connectivity index (χ1n) is 6.73. The average Bonchev–Trinajstić information content (AvgIpc) is 2.38. The summed E-state index contributed by atoms with van der Waals surface area (Å²) in [5, 5.41) is 0. The summed E-state index contributed by atoms with van der Waals surface area (Å²) in [5.41, 5.74) is 10.1. The number of amides is 1. The van der Waals surface area contributed by atoms with Crippen LogP contribution in [0.2, 0.25) is 0 Å². The molecule has 21 heavy (non-hydrogen) atoms. The fourth-order valence-corrected chi connectivity index (χ4v) is 2.71. The van der Waals surface area contributed by atoms with E-state index in [1.807, 2.05) is 6.92 Å². The lowest BCUT2D eigenvalue weighted by Gasteiger charge is -2.39. The van der Waals surface area contributed by atoms with Crippen LogP contribution in [0.5, 0.6) is 0 Å². The van der Waals surface area contributed by atoms with Gasteiger partial charge in [-0.15, -0.1) is 0 Å². The fourth-order valence-electron chi connectivity index (χ4n) is 2.71. The minimum absolute atomic E-state index is 0.0511. The van der Waals surface area contributed by atoms with Crippen LogP contribution in [0, 0.1) is 5.92 Å². The Labute approximate surface area is 120 Å². The summed E-state index contributed by atoms with van der Waals surface area (Å²) < 4.78 is 39.6. The summed E-state index contributed by atoms with van der Waals surface area (Å²) in [6.45, 7) is 2.04. The van der Waals surface area contributed by atoms with Crippen LogP contribution in [0.25, 0.3) is 0 Å². The van der Waals surface area contributed by atoms with Crippen molar-refractivity contribution in [1.29, 1.82) is 0 Å². The van der Waals surface area contributed by atoms with Crippen molar-refractivity contribution < 1.29 is 18.0 Å². The van der Waals surface area contributed by atoms with E-state index >= 15 is 0 Å². The summed E-state index contributed by atoms with van der Waals surface area (Å²) in [6, 6.07) is 3.63. The summed E-state index contributed by atoms with van der Waals surface area (Å²) in [5.74, 6) is -0.907. The minimum atomic E-state index is -4.50. The molecule has 0 aliphatic carbocycles. The number of carbonyl (C=O) groups excluding carboxylic acids is 1. The van der Waals surface area contributed by atoms with Gasteiger partial charge in [0.15, 0.2) is 0 Å². The van der Waals surface area contributed by atoms with Gasteiger partial charge in [0, 0.05) is 24.0 Å². The van der Waals surface area contributed by atoms with Gasteiger partial charge >= 0.3 is 6.18 Å². The number of alkyl halides is 3. The van der Waals surface area contributed by atoms with Crippen molar-refractivity contribution >= 4 is 17.3 Å². The molecule has 1 saturated heterocycles. The lowest BCUT2D eigenvalue weighted by atomic mass is 9.91. The molecule has 4 nitrogen and oxygen atoms in total. The molecule has 0 aromatic heterocycles. The Balaban J connectivity index is 2.42. The second kappa shape index (κ2) is 5.46. The number of nitrogens with zero attached hydrogens (tertiary/aromatic N) is 1. The molecule has 2 unspecified atom stereocenters. The highest BCUT2D eigenvalue weighted by Gasteiger charge is 2.38. The molecular formula is C14H18F3N3O. The third-order valence-electron chi connectivity index (χ3n) is 3.92. The Morgan fingerprint density at radius 3 is 2.57 bits per heavy atom. The molecule has 1 aromatic carbocycles. The molecule has 1 amide bonds. The molecule has 1 heterocycles. The smallest absolute Gasteiger partial charge is 0.399 e. The van der Waals surface area contributed by atoms with Gasteiger partial charge in [0.25, 0.3) is 0 Å². The van der Waals surface area contributed by atoms with Crippen LogP contribution >= 0.6 is 0 Å². The summed E-state index contributed by atoms with van der Waals surface area (Å²) in [4.78, 5) is 12.9. The maximum atomic E-state index is 13.2. The number of hydrogen-bond donors (Lipinski definition) is 2. The number of benzene rings is 1. The molecule has 116 valence electrons. The zero-order valence-corrected chi connectivity index (χ0v) is 11.7. The van der Waals surface area contributed by atoms with Gasteiger partial charge in [-0.1, -0.05) is 0 Å². The van der Waals surface area contributed by atoms with Crippen LogP contribution in [0.15, 0.2) is 18.2 Å². The minimum Gasteiger partial charge on any atom is -0.399 e. The first-order chi connectivity index (χ1) is 9.70. The SMILES string of the molecule is CC1CCC(C(N)=O)CN1c1ccc(N)cc1C(F)(F)F. The van der Waals surface area contributed by atoms with Crippen molar-refractivity contribution in [1.82, 2.24) is 0 Å². The molecule has 1 fully saturated rings. The quantitative estimate of drug-likeness (QED) is 0.824. The lowest BCUT2D eigenvalue weighted by molar-refractivity contribution is -0.137. The van der Waals surface area contributed by atoms with Crippen molar-refractivity contribution in [3.05, 3.63) is 23.8 Å². The highest BCUT2D eigenvalue weighted by molar-refractivity contribution is 5.78. The zero-order chi connectivity index (χ0) is 15.8. The van der Waals surface area contributed by atoms with E-state index in [9.17, 15) is 18.0 Å². The maximum Gasteiger partial charge on any atom is 0.418 e. The van der Waals surface area contributed by atoms with E-state index in [1.54, 1.807) is 4.90 Å². The second-order valence-corrected chi connectivity index (χ2v) is 5.45. The molecule has 0 bridgehead atoms. The summed E-state index contributed by atoms with van der Waals surface area (Å²) in [7, 11) is 0. The third-order valence-corrected chi connectivity index (χ3v) is 3.92. The van der Waals surface area contributed by atoms with Crippen molar-refractivity contribution in [3.8, 4) is 0 Å². The van der Waals surface area contributed by atoms with Gasteiger partial charge in [0.1, 0.15) is 0 Å². The monoisotopic (exact) mass is 301 g/mol. The van der Waals surface area contributed by atoms with Crippen LogP contribution < -0.4 is 16.4 Å². The van der Waals surface area contributed by atoms with E-state index < -0.39 is 23.6 Å². The van der Waals surface area contributed by atoms with E-state index in [1.165, 1.54) is 12.1 Å². The molecule has 0 saturated carbocycles.